The predicted molar refractivity (Wildman–Crippen MR) is 112 cm³/mol. The number of anilines is 1. The first kappa shape index (κ1) is 24.2. The van der Waals surface area contributed by atoms with Gasteiger partial charge < -0.3 is 25.4 Å². The summed E-state index contributed by atoms with van der Waals surface area (Å²) in [7, 11) is 3.25. The minimum Gasteiger partial charge on any atom is -0.491 e. The van der Waals surface area contributed by atoms with Crippen LogP contribution in [0.4, 0.5) is 19.1 Å². The van der Waals surface area contributed by atoms with Gasteiger partial charge in [-0.1, -0.05) is 12.1 Å². The molecule has 0 aliphatic rings. The number of halogens is 3. The van der Waals surface area contributed by atoms with Crippen molar-refractivity contribution in [3.05, 3.63) is 47.3 Å². The van der Waals surface area contributed by atoms with Crippen LogP contribution >= 0.6 is 0 Å². The number of nitrogens with one attached hydrogen (secondary N) is 3. The van der Waals surface area contributed by atoms with Crippen molar-refractivity contribution in [1.82, 2.24) is 20.6 Å². The van der Waals surface area contributed by atoms with E-state index in [-0.39, 0.29) is 5.95 Å². The second-order valence-corrected chi connectivity index (χ2v) is 6.50. The molecule has 0 bridgehead atoms. The summed E-state index contributed by atoms with van der Waals surface area (Å²) in [6.45, 7) is 4.10. The molecule has 1 heterocycles. The summed E-state index contributed by atoms with van der Waals surface area (Å²) in [5.74, 6) is 1.22. The third kappa shape index (κ3) is 8.28. The molecule has 0 saturated heterocycles. The Morgan fingerprint density at radius 2 is 1.94 bits per heavy atom. The highest BCUT2D eigenvalue weighted by molar-refractivity contribution is 5.79. The van der Waals surface area contributed by atoms with E-state index in [0.29, 0.717) is 38.8 Å². The lowest BCUT2D eigenvalue weighted by molar-refractivity contribution is -0.141. The first-order valence-electron chi connectivity index (χ1n) is 9.63. The molecule has 0 fully saturated rings. The minimum absolute atomic E-state index is 0.0860. The zero-order chi connectivity index (χ0) is 22.7. The Labute approximate surface area is 179 Å². The number of ether oxygens (including phenoxy) is 2. The number of aryl methyl sites for hydroxylation is 1. The quantitative estimate of drug-likeness (QED) is 0.297. The predicted octanol–water partition coefficient (Wildman–Crippen LogP) is 2.61. The van der Waals surface area contributed by atoms with Gasteiger partial charge in [0.25, 0.3) is 0 Å². The molecule has 0 saturated carbocycles. The van der Waals surface area contributed by atoms with Gasteiger partial charge in [0, 0.05) is 45.6 Å². The molecule has 0 amide bonds. The summed E-state index contributed by atoms with van der Waals surface area (Å²) < 4.78 is 48.9. The molecule has 0 unspecified atom stereocenters. The highest BCUT2D eigenvalue weighted by Crippen LogP contribution is 2.27. The Morgan fingerprint density at radius 3 is 2.65 bits per heavy atom. The second kappa shape index (κ2) is 11.9. The number of aliphatic imine (C=N–C) groups is 1. The van der Waals surface area contributed by atoms with Crippen LogP contribution in [0.15, 0.2) is 35.5 Å². The molecule has 170 valence electrons. The summed E-state index contributed by atoms with van der Waals surface area (Å²) in [4.78, 5) is 11.4. The van der Waals surface area contributed by atoms with Crippen LogP contribution in [-0.2, 0) is 17.5 Å². The van der Waals surface area contributed by atoms with Gasteiger partial charge >= 0.3 is 6.18 Å². The lowest BCUT2D eigenvalue weighted by Gasteiger charge is -2.15. The Bertz CT molecular complexity index is 861. The standard InChI is InChI=1S/C20H27F3N6O2/c1-14-4-5-15(16(12-14)31-11-10-30-3)13-28-18(24-2)26-8-9-27-19-25-7-6-17(29-19)20(21,22)23/h4-7,12H,8-11,13H2,1-3H3,(H2,24,26,28)(H,25,27,29). The second-order valence-electron chi connectivity index (χ2n) is 6.50. The highest BCUT2D eigenvalue weighted by Gasteiger charge is 2.32. The summed E-state index contributed by atoms with van der Waals surface area (Å²) in [6, 6.07) is 6.76. The van der Waals surface area contributed by atoms with Gasteiger partial charge in [0.15, 0.2) is 5.96 Å². The fraction of sp³-hybridized carbons (Fsp3) is 0.450. The number of guanidine groups is 1. The maximum Gasteiger partial charge on any atom is 0.433 e. The number of benzene rings is 1. The number of hydrogen-bond donors (Lipinski definition) is 3. The van der Waals surface area contributed by atoms with Gasteiger partial charge in [-0.25, -0.2) is 9.97 Å². The molecule has 31 heavy (non-hydrogen) atoms. The van der Waals surface area contributed by atoms with Crippen LogP contribution in [0, 0.1) is 6.92 Å². The van der Waals surface area contributed by atoms with Gasteiger partial charge in [-0.15, -0.1) is 0 Å². The van der Waals surface area contributed by atoms with Crippen LogP contribution in [0.1, 0.15) is 16.8 Å². The topological polar surface area (TPSA) is 92.7 Å². The zero-order valence-electron chi connectivity index (χ0n) is 17.7. The van der Waals surface area contributed by atoms with Crippen molar-refractivity contribution in [2.24, 2.45) is 4.99 Å². The van der Waals surface area contributed by atoms with E-state index < -0.39 is 11.9 Å². The fourth-order valence-corrected chi connectivity index (χ4v) is 2.53. The molecule has 0 aliphatic heterocycles. The van der Waals surface area contributed by atoms with Gasteiger partial charge in [0.2, 0.25) is 5.95 Å². The van der Waals surface area contributed by atoms with Crippen LogP contribution in [0.3, 0.4) is 0 Å². The molecule has 1 aromatic heterocycles. The van der Waals surface area contributed by atoms with E-state index in [9.17, 15) is 13.2 Å². The summed E-state index contributed by atoms with van der Waals surface area (Å²) in [6.07, 6.45) is -3.44. The Hall–Kier alpha value is -3.08. The van der Waals surface area contributed by atoms with Gasteiger partial charge in [-0.3, -0.25) is 4.99 Å². The smallest absolute Gasteiger partial charge is 0.433 e. The van der Waals surface area contributed by atoms with E-state index in [4.69, 9.17) is 9.47 Å². The molecular weight excluding hydrogens is 413 g/mol. The molecule has 3 N–H and O–H groups in total. The van der Waals surface area contributed by atoms with Crippen LogP contribution in [-0.4, -0.2) is 56.4 Å². The van der Waals surface area contributed by atoms with Crippen molar-refractivity contribution in [2.75, 3.05) is 45.8 Å². The minimum atomic E-state index is -4.51. The molecule has 0 spiro atoms. The molecule has 2 aromatic rings. The number of aromatic nitrogens is 2. The molecule has 11 heteroatoms. The maximum atomic E-state index is 12.7. The number of nitrogens with zero attached hydrogens (tertiary/aromatic N) is 3. The number of alkyl halides is 3. The van der Waals surface area contributed by atoms with E-state index in [0.717, 1.165) is 29.1 Å². The van der Waals surface area contributed by atoms with Crippen molar-refractivity contribution in [1.29, 1.82) is 0 Å². The Morgan fingerprint density at radius 1 is 1.13 bits per heavy atom. The third-order valence-corrected chi connectivity index (χ3v) is 4.08. The first-order chi connectivity index (χ1) is 14.8. The van der Waals surface area contributed by atoms with E-state index >= 15 is 0 Å². The third-order valence-electron chi connectivity index (χ3n) is 4.08. The van der Waals surface area contributed by atoms with Crippen molar-refractivity contribution in [3.63, 3.8) is 0 Å². The van der Waals surface area contributed by atoms with Crippen molar-refractivity contribution >= 4 is 11.9 Å². The zero-order valence-corrected chi connectivity index (χ0v) is 17.7. The average Bonchev–Trinajstić information content (AvgIpc) is 2.74. The summed E-state index contributed by atoms with van der Waals surface area (Å²) >= 11 is 0. The van der Waals surface area contributed by atoms with Crippen LogP contribution in [0.25, 0.3) is 0 Å². The maximum absolute atomic E-state index is 12.7. The molecule has 1 aromatic carbocycles. The van der Waals surface area contributed by atoms with Crippen LogP contribution in [0.2, 0.25) is 0 Å². The highest BCUT2D eigenvalue weighted by atomic mass is 19.4. The van der Waals surface area contributed by atoms with E-state index in [2.05, 4.69) is 30.9 Å². The first-order valence-corrected chi connectivity index (χ1v) is 9.63. The molecule has 8 nitrogen and oxygen atoms in total. The van der Waals surface area contributed by atoms with E-state index in [1.54, 1.807) is 14.2 Å². The molecule has 2 rings (SSSR count). The molecule has 0 aliphatic carbocycles. The average molecular weight is 440 g/mol. The molecular formula is C20H27F3N6O2. The Balaban J connectivity index is 1.82. The van der Waals surface area contributed by atoms with Crippen molar-refractivity contribution in [3.8, 4) is 5.75 Å². The number of hydrogen-bond acceptors (Lipinski definition) is 6. The number of methoxy groups -OCH3 is 1. The van der Waals surface area contributed by atoms with Crippen molar-refractivity contribution < 1.29 is 22.6 Å². The monoisotopic (exact) mass is 440 g/mol. The lowest BCUT2D eigenvalue weighted by atomic mass is 10.1. The molecule has 0 radical (unpaired) electrons. The van der Waals surface area contributed by atoms with Crippen LogP contribution in [0.5, 0.6) is 5.75 Å². The summed E-state index contributed by atoms with van der Waals surface area (Å²) in [5.41, 5.74) is 1.05. The van der Waals surface area contributed by atoms with Gasteiger partial charge in [-0.05, 0) is 24.6 Å². The van der Waals surface area contributed by atoms with Gasteiger partial charge in [0.1, 0.15) is 18.1 Å². The SMILES string of the molecule is CN=C(NCCNc1nccc(C(F)(F)F)n1)NCc1ccc(C)cc1OCCOC. The normalized spacial score (nSPS) is 11.9. The van der Waals surface area contributed by atoms with E-state index in [1.807, 2.05) is 25.1 Å². The van der Waals surface area contributed by atoms with Crippen molar-refractivity contribution in [2.45, 2.75) is 19.6 Å². The van der Waals surface area contributed by atoms with Crippen LogP contribution < -0.4 is 20.7 Å². The largest absolute Gasteiger partial charge is 0.491 e. The van der Waals surface area contributed by atoms with Gasteiger partial charge in [0.05, 0.1) is 6.61 Å². The van der Waals surface area contributed by atoms with Gasteiger partial charge in [-0.2, -0.15) is 13.2 Å². The Kier molecular flexibility index (Phi) is 9.32. The summed E-state index contributed by atoms with van der Waals surface area (Å²) in [5, 5.41) is 9.01. The number of rotatable bonds is 10. The lowest BCUT2D eigenvalue weighted by Crippen LogP contribution is -2.39. The fourth-order valence-electron chi connectivity index (χ4n) is 2.53. The van der Waals surface area contributed by atoms with E-state index in [1.165, 1.54) is 0 Å². The molecule has 0 atom stereocenters.